The topological polar surface area (TPSA) is 96.1 Å². The summed E-state index contributed by atoms with van der Waals surface area (Å²) in [6.45, 7) is 5.93. The van der Waals surface area contributed by atoms with Gasteiger partial charge in [-0.05, 0) is 43.0 Å². The van der Waals surface area contributed by atoms with Gasteiger partial charge in [0.2, 0.25) is 0 Å². The molecule has 0 aromatic heterocycles. The van der Waals surface area contributed by atoms with E-state index in [1.54, 1.807) is 18.2 Å². The van der Waals surface area contributed by atoms with Crippen LogP contribution >= 0.6 is 0 Å². The molecule has 31 heavy (non-hydrogen) atoms. The number of nitro groups is 1. The molecule has 0 fully saturated rings. The van der Waals surface area contributed by atoms with E-state index in [4.69, 9.17) is 0 Å². The molecule has 0 atom stereocenters. The van der Waals surface area contributed by atoms with Crippen LogP contribution < -0.4 is 4.90 Å². The Balaban J connectivity index is 1.69. The maximum absolute atomic E-state index is 13.0. The van der Waals surface area contributed by atoms with Gasteiger partial charge in [0.15, 0.2) is 0 Å². The van der Waals surface area contributed by atoms with E-state index in [1.165, 1.54) is 18.3 Å². The normalized spacial score (nSPS) is 13.3. The fourth-order valence-electron chi connectivity index (χ4n) is 3.77. The quantitative estimate of drug-likeness (QED) is 0.259. The van der Waals surface area contributed by atoms with Gasteiger partial charge in [0.05, 0.1) is 22.3 Å². The van der Waals surface area contributed by atoms with Crippen LogP contribution in [0.25, 0.3) is 10.8 Å². The molecule has 1 aliphatic heterocycles. The highest BCUT2D eigenvalue weighted by molar-refractivity contribution is 6.25. The molecule has 0 bridgehead atoms. The molecule has 4 rings (SSSR count). The molecule has 3 aromatic carbocycles. The molecular weight excluding hydrogens is 396 g/mol. The highest BCUT2D eigenvalue weighted by Crippen LogP contribution is 2.33. The van der Waals surface area contributed by atoms with Crippen LogP contribution in [-0.2, 0) is 0 Å². The SMILES string of the molecule is CCN(CC)c1ccc(/C=N/N2C(=O)c3cccc4cc([N+](=O)[O-])cc(c34)C2=O)cc1. The molecule has 0 aliphatic carbocycles. The third kappa shape index (κ3) is 3.52. The standard InChI is InChI=1S/C23H20N4O4/c1-3-25(4-2)17-10-8-15(9-11-17)14-24-26-22(28)19-7-5-6-16-12-18(27(30)31)13-20(21(16)19)23(26)29/h5-14H,3-4H2,1-2H3/b24-14+. The van der Waals surface area contributed by atoms with E-state index in [1.807, 2.05) is 24.3 Å². The van der Waals surface area contributed by atoms with Gasteiger partial charge in [0.1, 0.15) is 0 Å². The first-order valence-corrected chi connectivity index (χ1v) is 9.93. The average Bonchev–Trinajstić information content (AvgIpc) is 2.78. The fourth-order valence-corrected chi connectivity index (χ4v) is 3.77. The maximum Gasteiger partial charge on any atom is 0.282 e. The number of hydrazone groups is 1. The van der Waals surface area contributed by atoms with Crippen LogP contribution in [0.2, 0.25) is 0 Å². The number of hydrogen-bond acceptors (Lipinski definition) is 6. The van der Waals surface area contributed by atoms with E-state index < -0.39 is 16.7 Å². The van der Waals surface area contributed by atoms with E-state index >= 15 is 0 Å². The zero-order chi connectivity index (χ0) is 22.1. The molecule has 0 saturated carbocycles. The molecule has 2 amide bonds. The van der Waals surface area contributed by atoms with Crippen LogP contribution in [0.15, 0.2) is 59.7 Å². The van der Waals surface area contributed by atoms with E-state index in [2.05, 4.69) is 23.8 Å². The van der Waals surface area contributed by atoms with Crippen molar-refractivity contribution in [3.05, 3.63) is 81.4 Å². The number of rotatable bonds is 6. The molecule has 1 heterocycles. The third-order valence-corrected chi connectivity index (χ3v) is 5.36. The lowest BCUT2D eigenvalue weighted by molar-refractivity contribution is -0.384. The summed E-state index contributed by atoms with van der Waals surface area (Å²) in [7, 11) is 0. The number of non-ortho nitro benzene ring substituents is 1. The first-order chi connectivity index (χ1) is 14.9. The predicted octanol–water partition coefficient (Wildman–Crippen LogP) is 4.22. The summed E-state index contributed by atoms with van der Waals surface area (Å²) in [5, 5.41) is 17.0. The number of imide groups is 1. The van der Waals surface area contributed by atoms with Crippen molar-refractivity contribution in [1.29, 1.82) is 0 Å². The van der Waals surface area contributed by atoms with Gasteiger partial charge >= 0.3 is 0 Å². The average molecular weight is 416 g/mol. The molecule has 0 spiro atoms. The maximum atomic E-state index is 13.0. The largest absolute Gasteiger partial charge is 0.372 e. The van der Waals surface area contributed by atoms with Crippen LogP contribution in [0.1, 0.15) is 40.1 Å². The predicted molar refractivity (Wildman–Crippen MR) is 119 cm³/mol. The summed E-state index contributed by atoms with van der Waals surface area (Å²) < 4.78 is 0. The Morgan fingerprint density at radius 3 is 2.32 bits per heavy atom. The van der Waals surface area contributed by atoms with Crippen LogP contribution in [0.4, 0.5) is 11.4 Å². The van der Waals surface area contributed by atoms with Crippen molar-refractivity contribution >= 4 is 40.2 Å². The van der Waals surface area contributed by atoms with Gasteiger partial charge < -0.3 is 4.90 Å². The first-order valence-electron chi connectivity index (χ1n) is 9.93. The Bertz CT molecular complexity index is 1230. The minimum absolute atomic E-state index is 0.0911. The van der Waals surface area contributed by atoms with Crippen LogP contribution in [-0.4, -0.2) is 41.1 Å². The zero-order valence-electron chi connectivity index (χ0n) is 17.1. The number of carbonyl (C=O) groups is 2. The molecule has 3 aromatic rings. The lowest BCUT2D eigenvalue weighted by atomic mass is 9.94. The molecule has 0 unspecified atom stereocenters. The highest BCUT2D eigenvalue weighted by Gasteiger charge is 2.34. The molecule has 8 nitrogen and oxygen atoms in total. The van der Waals surface area contributed by atoms with Gasteiger partial charge in [-0.15, -0.1) is 0 Å². The monoisotopic (exact) mass is 416 g/mol. The van der Waals surface area contributed by atoms with Crippen LogP contribution in [0.5, 0.6) is 0 Å². The fraction of sp³-hybridized carbons (Fsp3) is 0.174. The first kappa shape index (κ1) is 20.2. The molecule has 1 aliphatic rings. The summed E-state index contributed by atoms with van der Waals surface area (Å²) in [6, 6.07) is 15.0. The Hall–Kier alpha value is -4.07. The zero-order valence-corrected chi connectivity index (χ0v) is 17.1. The molecule has 0 saturated heterocycles. The minimum Gasteiger partial charge on any atom is -0.372 e. The van der Waals surface area contributed by atoms with Crippen LogP contribution in [0, 0.1) is 10.1 Å². The Morgan fingerprint density at radius 2 is 1.68 bits per heavy atom. The second-order valence-electron chi connectivity index (χ2n) is 7.08. The Kier molecular flexibility index (Phi) is 5.21. The number of nitro benzene ring substituents is 1. The summed E-state index contributed by atoms with van der Waals surface area (Å²) in [5.74, 6) is -1.25. The summed E-state index contributed by atoms with van der Waals surface area (Å²) >= 11 is 0. The van der Waals surface area contributed by atoms with Crippen molar-refractivity contribution in [3.63, 3.8) is 0 Å². The number of anilines is 1. The van der Waals surface area contributed by atoms with E-state index in [0.29, 0.717) is 10.8 Å². The third-order valence-electron chi connectivity index (χ3n) is 5.36. The van der Waals surface area contributed by atoms with E-state index in [-0.39, 0.29) is 16.8 Å². The molecule has 156 valence electrons. The lowest BCUT2D eigenvalue weighted by Gasteiger charge is -2.23. The highest BCUT2D eigenvalue weighted by atomic mass is 16.6. The molecule has 0 radical (unpaired) electrons. The smallest absolute Gasteiger partial charge is 0.282 e. The van der Waals surface area contributed by atoms with Crippen molar-refractivity contribution in [1.82, 2.24) is 5.01 Å². The van der Waals surface area contributed by atoms with Crippen LogP contribution in [0.3, 0.4) is 0 Å². The van der Waals surface area contributed by atoms with Gasteiger partial charge in [0.25, 0.3) is 17.5 Å². The summed E-state index contributed by atoms with van der Waals surface area (Å²) in [4.78, 5) is 38.8. The number of amides is 2. The van der Waals surface area contributed by atoms with Gasteiger partial charge in [-0.25, -0.2) is 0 Å². The van der Waals surface area contributed by atoms with E-state index in [9.17, 15) is 19.7 Å². The van der Waals surface area contributed by atoms with Crippen molar-refractivity contribution in [2.45, 2.75) is 13.8 Å². The number of hydrogen-bond donors (Lipinski definition) is 0. The van der Waals surface area contributed by atoms with Crippen molar-refractivity contribution in [3.8, 4) is 0 Å². The lowest BCUT2D eigenvalue weighted by Crippen LogP contribution is -2.36. The van der Waals surface area contributed by atoms with Crippen molar-refractivity contribution < 1.29 is 14.5 Å². The van der Waals surface area contributed by atoms with E-state index in [0.717, 1.165) is 29.3 Å². The minimum atomic E-state index is -0.687. The summed E-state index contributed by atoms with van der Waals surface area (Å²) in [6.07, 6.45) is 1.43. The van der Waals surface area contributed by atoms with Crippen molar-refractivity contribution in [2.75, 3.05) is 18.0 Å². The second-order valence-corrected chi connectivity index (χ2v) is 7.08. The van der Waals surface area contributed by atoms with Gasteiger partial charge in [-0.3, -0.25) is 19.7 Å². The molecule has 8 heteroatoms. The summed E-state index contributed by atoms with van der Waals surface area (Å²) in [5.41, 5.74) is 1.96. The van der Waals surface area contributed by atoms with Gasteiger partial charge in [-0.2, -0.15) is 10.1 Å². The second kappa shape index (κ2) is 7.98. The number of carbonyl (C=O) groups excluding carboxylic acids is 2. The van der Waals surface area contributed by atoms with Gasteiger partial charge in [0, 0.05) is 36.3 Å². The van der Waals surface area contributed by atoms with Crippen molar-refractivity contribution in [2.24, 2.45) is 5.10 Å². The molecule has 0 N–H and O–H groups in total. The molecular formula is C23H20N4O4. The van der Waals surface area contributed by atoms with Gasteiger partial charge in [-0.1, -0.05) is 24.3 Å². The number of nitrogens with zero attached hydrogens (tertiary/aromatic N) is 4. The number of benzene rings is 3. The Morgan fingerprint density at radius 1 is 1.00 bits per heavy atom. The Labute approximate surface area is 178 Å².